The zero-order chi connectivity index (χ0) is 16.8. The van der Waals surface area contributed by atoms with E-state index in [9.17, 15) is 0 Å². The van der Waals surface area contributed by atoms with Crippen molar-refractivity contribution >= 4 is 16.6 Å². The van der Waals surface area contributed by atoms with Crippen LogP contribution in [-0.2, 0) is 4.74 Å². The zero-order valence-electron chi connectivity index (χ0n) is 13.7. The third kappa shape index (κ3) is 3.53. The molecular formula is C19H21N3O2. The summed E-state index contributed by atoms with van der Waals surface area (Å²) in [5.41, 5.74) is 2.93. The summed E-state index contributed by atoms with van der Waals surface area (Å²) < 4.78 is 5.29. The van der Waals surface area contributed by atoms with E-state index < -0.39 is 0 Å². The zero-order valence-corrected chi connectivity index (χ0v) is 13.7. The first-order valence-electron chi connectivity index (χ1n) is 8.04. The molecule has 124 valence electrons. The van der Waals surface area contributed by atoms with Crippen LogP contribution in [0.1, 0.15) is 5.69 Å². The smallest absolute Gasteiger partial charge is 0.134 e. The molecule has 5 heteroatoms. The molecule has 0 spiro atoms. The van der Waals surface area contributed by atoms with E-state index in [1.165, 1.54) is 0 Å². The van der Waals surface area contributed by atoms with Crippen LogP contribution < -0.4 is 5.32 Å². The lowest BCUT2D eigenvalue weighted by atomic mass is 10.0. The molecule has 0 aliphatic carbocycles. The molecule has 0 radical (unpaired) electrons. The van der Waals surface area contributed by atoms with Gasteiger partial charge in [0, 0.05) is 29.4 Å². The van der Waals surface area contributed by atoms with Crippen LogP contribution in [0.3, 0.4) is 0 Å². The predicted octanol–water partition coefficient (Wildman–Crippen LogP) is 3.03. The third-order valence-electron chi connectivity index (χ3n) is 3.79. The van der Waals surface area contributed by atoms with Crippen molar-refractivity contribution in [3.63, 3.8) is 0 Å². The van der Waals surface area contributed by atoms with Crippen molar-refractivity contribution in [2.45, 2.75) is 6.92 Å². The third-order valence-corrected chi connectivity index (χ3v) is 3.79. The van der Waals surface area contributed by atoms with Crippen LogP contribution in [0.5, 0.6) is 0 Å². The Bertz CT molecular complexity index is 806. The van der Waals surface area contributed by atoms with E-state index in [-0.39, 0.29) is 6.61 Å². The second-order valence-electron chi connectivity index (χ2n) is 5.44. The van der Waals surface area contributed by atoms with Gasteiger partial charge in [-0.3, -0.25) is 4.98 Å². The summed E-state index contributed by atoms with van der Waals surface area (Å²) in [7, 11) is 0. The molecule has 0 atom stereocenters. The van der Waals surface area contributed by atoms with Crippen molar-refractivity contribution in [3.05, 3.63) is 54.4 Å². The number of pyridine rings is 2. The molecule has 1 aromatic carbocycles. The van der Waals surface area contributed by atoms with Crippen molar-refractivity contribution in [1.82, 2.24) is 9.97 Å². The number of aliphatic hydroxyl groups is 1. The quantitative estimate of drug-likeness (QED) is 0.654. The van der Waals surface area contributed by atoms with E-state index in [0.29, 0.717) is 19.8 Å². The molecule has 0 fully saturated rings. The van der Waals surface area contributed by atoms with Crippen LogP contribution in [0.2, 0.25) is 0 Å². The molecule has 0 amide bonds. The summed E-state index contributed by atoms with van der Waals surface area (Å²) in [6.45, 7) is 3.56. The number of anilines is 1. The van der Waals surface area contributed by atoms with E-state index in [1.54, 1.807) is 6.20 Å². The van der Waals surface area contributed by atoms with Crippen molar-refractivity contribution in [3.8, 4) is 11.3 Å². The molecule has 2 heterocycles. The standard InChI is InChI=1S/C19H21N3O2/c1-14-18(17-8-4-5-9-20-17)15-6-2-3-7-16(15)19(22-14)21-10-12-24-13-11-23/h2-9,23H,10-13H2,1H3,(H,21,22). The molecule has 24 heavy (non-hydrogen) atoms. The van der Waals surface area contributed by atoms with Crippen molar-refractivity contribution in [2.75, 3.05) is 31.7 Å². The topological polar surface area (TPSA) is 67.3 Å². The van der Waals surface area contributed by atoms with Crippen molar-refractivity contribution in [2.24, 2.45) is 0 Å². The highest BCUT2D eigenvalue weighted by molar-refractivity contribution is 6.02. The largest absolute Gasteiger partial charge is 0.394 e. The van der Waals surface area contributed by atoms with Gasteiger partial charge in [0.15, 0.2) is 0 Å². The Kier molecular flexibility index (Phi) is 5.36. The maximum Gasteiger partial charge on any atom is 0.134 e. The molecular weight excluding hydrogens is 302 g/mol. The normalized spacial score (nSPS) is 10.9. The first kappa shape index (κ1) is 16.4. The van der Waals surface area contributed by atoms with Gasteiger partial charge in [-0.25, -0.2) is 4.98 Å². The van der Waals surface area contributed by atoms with Gasteiger partial charge in [0.25, 0.3) is 0 Å². The lowest BCUT2D eigenvalue weighted by molar-refractivity contribution is 0.0992. The highest BCUT2D eigenvalue weighted by atomic mass is 16.5. The maximum atomic E-state index is 8.74. The van der Waals surface area contributed by atoms with Gasteiger partial charge in [0.1, 0.15) is 5.82 Å². The summed E-state index contributed by atoms with van der Waals surface area (Å²) in [6.07, 6.45) is 1.80. The van der Waals surface area contributed by atoms with E-state index in [2.05, 4.69) is 22.4 Å². The van der Waals surface area contributed by atoms with Gasteiger partial charge in [-0.1, -0.05) is 30.3 Å². The summed E-state index contributed by atoms with van der Waals surface area (Å²) in [5.74, 6) is 0.843. The summed E-state index contributed by atoms with van der Waals surface area (Å²) in [4.78, 5) is 9.22. The number of aryl methyl sites for hydroxylation is 1. The number of ether oxygens (including phenoxy) is 1. The highest BCUT2D eigenvalue weighted by Crippen LogP contribution is 2.33. The predicted molar refractivity (Wildman–Crippen MR) is 96.1 cm³/mol. The lowest BCUT2D eigenvalue weighted by Gasteiger charge is -2.14. The van der Waals surface area contributed by atoms with Gasteiger partial charge in [-0.05, 0) is 24.4 Å². The SMILES string of the molecule is Cc1nc(NCCOCCO)c2ccccc2c1-c1ccccn1. The second-order valence-corrected chi connectivity index (χ2v) is 5.44. The number of rotatable bonds is 7. The van der Waals surface area contributed by atoms with Crippen LogP contribution >= 0.6 is 0 Å². The van der Waals surface area contributed by atoms with Gasteiger partial charge in [-0.2, -0.15) is 0 Å². The molecule has 0 saturated heterocycles. The molecule has 0 bridgehead atoms. The van der Waals surface area contributed by atoms with E-state index >= 15 is 0 Å². The number of nitrogens with zero attached hydrogens (tertiary/aromatic N) is 2. The number of hydrogen-bond acceptors (Lipinski definition) is 5. The van der Waals surface area contributed by atoms with Crippen LogP contribution in [0.15, 0.2) is 48.7 Å². The van der Waals surface area contributed by atoms with Crippen LogP contribution in [0.4, 0.5) is 5.82 Å². The number of nitrogens with one attached hydrogen (secondary N) is 1. The van der Waals surface area contributed by atoms with Gasteiger partial charge >= 0.3 is 0 Å². The average molecular weight is 323 g/mol. The number of hydrogen-bond donors (Lipinski definition) is 2. The molecule has 3 rings (SSSR count). The van der Waals surface area contributed by atoms with Crippen LogP contribution in [0.25, 0.3) is 22.0 Å². The fourth-order valence-electron chi connectivity index (χ4n) is 2.76. The highest BCUT2D eigenvalue weighted by Gasteiger charge is 2.13. The summed E-state index contributed by atoms with van der Waals surface area (Å²) >= 11 is 0. The Morgan fingerprint density at radius 3 is 2.58 bits per heavy atom. The van der Waals surface area contributed by atoms with E-state index in [1.807, 2.05) is 37.3 Å². The van der Waals surface area contributed by atoms with Crippen LogP contribution in [0, 0.1) is 6.92 Å². The number of fused-ring (bicyclic) bond motifs is 1. The summed E-state index contributed by atoms with van der Waals surface area (Å²) in [6, 6.07) is 14.1. The number of benzene rings is 1. The molecule has 2 N–H and O–H groups in total. The van der Waals surface area contributed by atoms with E-state index in [0.717, 1.165) is 33.5 Å². The van der Waals surface area contributed by atoms with Crippen LogP contribution in [-0.4, -0.2) is 41.4 Å². The first-order chi connectivity index (χ1) is 11.8. The number of aliphatic hydroxyl groups excluding tert-OH is 1. The fraction of sp³-hybridized carbons (Fsp3) is 0.263. The minimum absolute atomic E-state index is 0.0407. The maximum absolute atomic E-state index is 8.74. The first-order valence-corrected chi connectivity index (χ1v) is 8.04. The fourth-order valence-corrected chi connectivity index (χ4v) is 2.76. The second kappa shape index (κ2) is 7.86. The van der Waals surface area contributed by atoms with Gasteiger partial charge < -0.3 is 15.2 Å². The van der Waals surface area contributed by atoms with Gasteiger partial charge in [0.2, 0.25) is 0 Å². The molecule has 3 aromatic rings. The Labute approximate surface area is 141 Å². The summed E-state index contributed by atoms with van der Waals surface area (Å²) in [5, 5.41) is 14.3. The molecule has 0 saturated carbocycles. The van der Waals surface area contributed by atoms with Gasteiger partial charge in [0.05, 0.1) is 25.5 Å². The Morgan fingerprint density at radius 1 is 1.04 bits per heavy atom. The molecule has 0 unspecified atom stereocenters. The average Bonchev–Trinajstić information content (AvgIpc) is 2.62. The Balaban J connectivity index is 1.95. The molecule has 0 aliphatic rings. The number of aromatic nitrogens is 2. The van der Waals surface area contributed by atoms with E-state index in [4.69, 9.17) is 14.8 Å². The molecule has 5 nitrogen and oxygen atoms in total. The molecule has 0 aliphatic heterocycles. The Morgan fingerprint density at radius 2 is 1.83 bits per heavy atom. The lowest BCUT2D eigenvalue weighted by Crippen LogP contribution is -2.13. The monoisotopic (exact) mass is 323 g/mol. The minimum Gasteiger partial charge on any atom is -0.394 e. The van der Waals surface area contributed by atoms with Crippen molar-refractivity contribution < 1.29 is 9.84 Å². The van der Waals surface area contributed by atoms with Crippen molar-refractivity contribution in [1.29, 1.82) is 0 Å². The minimum atomic E-state index is 0.0407. The molecule has 2 aromatic heterocycles. The Hall–Kier alpha value is -2.50. The van der Waals surface area contributed by atoms with Gasteiger partial charge in [-0.15, -0.1) is 0 Å².